The average Bonchev–Trinajstić information content (AvgIpc) is 3.11. The lowest BCUT2D eigenvalue weighted by Crippen LogP contribution is -2.62. The summed E-state index contributed by atoms with van der Waals surface area (Å²) in [5.41, 5.74) is 0.244. The van der Waals surface area contributed by atoms with Crippen molar-refractivity contribution in [3.8, 4) is 0 Å². The van der Waals surface area contributed by atoms with Crippen molar-refractivity contribution in [2.75, 3.05) is 46.3 Å². The second-order valence-electron chi connectivity index (χ2n) is 7.92. The van der Waals surface area contributed by atoms with Crippen molar-refractivity contribution >= 4 is 5.96 Å². The summed E-state index contributed by atoms with van der Waals surface area (Å²) in [4.78, 5) is 14.2. The van der Waals surface area contributed by atoms with E-state index in [4.69, 9.17) is 4.99 Å². The van der Waals surface area contributed by atoms with Gasteiger partial charge in [-0.2, -0.15) is 5.10 Å². The molecule has 2 N–H and O–H groups in total. The summed E-state index contributed by atoms with van der Waals surface area (Å²) < 4.78 is 1.78. The number of nitrogens with one attached hydrogen (secondary N) is 2. The van der Waals surface area contributed by atoms with Crippen LogP contribution in [0.4, 0.5) is 0 Å². The summed E-state index contributed by atoms with van der Waals surface area (Å²) in [5.74, 6) is 1.74. The first kappa shape index (κ1) is 20.1. The standard InChI is InChI=1S/C19H36N8/c1-4-20-18(21-14-17-23-16-24-26(17)3)22-15-19(8-12-25(2)13-9-19)27-10-6-5-7-11-27/h16H,4-15H2,1-3H3,(H2,20,21,22). The summed E-state index contributed by atoms with van der Waals surface area (Å²) in [6, 6.07) is 0. The predicted octanol–water partition coefficient (Wildman–Crippen LogP) is 0.821. The van der Waals surface area contributed by atoms with Crippen LogP contribution < -0.4 is 10.6 Å². The van der Waals surface area contributed by atoms with E-state index in [9.17, 15) is 0 Å². The van der Waals surface area contributed by atoms with Gasteiger partial charge < -0.3 is 15.5 Å². The molecule has 2 aliphatic heterocycles. The number of aliphatic imine (C=N–C) groups is 1. The summed E-state index contributed by atoms with van der Waals surface area (Å²) in [5, 5.41) is 11.2. The number of rotatable bonds is 6. The Bertz CT molecular complexity index is 597. The van der Waals surface area contributed by atoms with Crippen LogP contribution in [0, 0.1) is 0 Å². The quantitative estimate of drug-likeness (QED) is 0.566. The monoisotopic (exact) mass is 376 g/mol. The lowest BCUT2D eigenvalue weighted by atomic mass is 9.84. The topological polar surface area (TPSA) is 73.6 Å². The maximum atomic E-state index is 4.73. The van der Waals surface area contributed by atoms with Crippen molar-refractivity contribution in [3.63, 3.8) is 0 Å². The molecule has 0 bridgehead atoms. The van der Waals surface area contributed by atoms with Crippen LogP contribution in [0.15, 0.2) is 11.3 Å². The molecular weight excluding hydrogens is 340 g/mol. The molecule has 27 heavy (non-hydrogen) atoms. The van der Waals surface area contributed by atoms with Gasteiger partial charge in [-0.25, -0.2) is 9.98 Å². The molecule has 3 rings (SSSR count). The Balaban J connectivity index is 1.66. The van der Waals surface area contributed by atoms with Gasteiger partial charge in [-0.05, 0) is 65.8 Å². The van der Waals surface area contributed by atoms with Crippen LogP contribution in [-0.2, 0) is 13.6 Å². The van der Waals surface area contributed by atoms with Crippen molar-refractivity contribution in [2.45, 2.75) is 51.1 Å². The van der Waals surface area contributed by atoms with E-state index < -0.39 is 0 Å². The lowest BCUT2D eigenvalue weighted by molar-refractivity contribution is 0.0173. The number of hydrogen-bond acceptors (Lipinski definition) is 5. The van der Waals surface area contributed by atoms with Crippen molar-refractivity contribution in [3.05, 3.63) is 12.2 Å². The molecule has 0 spiro atoms. The molecule has 3 heterocycles. The minimum Gasteiger partial charge on any atom is -0.357 e. The number of likely N-dealkylation sites (tertiary alicyclic amines) is 2. The average molecular weight is 377 g/mol. The normalized spacial score (nSPS) is 22.0. The minimum absolute atomic E-state index is 0.244. The van der Waals surface area contributed by atoms with Crippen LogP contribution in [0.25, 0.3) is 0 Å². The van der Waals surface area contributed by atoms with E-state index in [1.165, 1.54) is 58.3 Å². The van der Waals surface area contributed by atoms with Gasteiger partial charge in [-0.15, -0.1) is 0 Å². The fourth-order valence-corrected chi connectivity index (χ4v) is 4.21. The number of nitrogens with zero attached hydrogens (tertiary/aromatic N) is 6. The third-order valence-corrected chi connectivity index (χ3v) is 6.06. The van der Waals surface area contributed by atoms with Gasteiger partial charge in [-0.1, -0.05) is 6.42 Å². The van der Waals surface area contributed by atoms with Gasteiger partial charge >= 0.3 is 0 Å². The minimum atomic E-state index is 0.244. The molecule has 0 aliphatic carbocycles. The number of aromatic nitrogens is 3. The molecule has 2 aliphatic rings. The maximum Gasteiger partial charge on any atom is 0.191 e. The molecule has 152 valence electrons. The van der Waals surface area contributed by atoms with E-state index in [-0.39, 0.29) is 5.54 Å². The summed E-state index contributed by atoms with van der Waals surface area (Å²) >= 11 is 0. The first-order valence-corrected chi connectivity index (χ1v) is 10.4. The second-order valence-corrected chi connectivity index (χ2v) is 7.92. The zero-order valence-electron chi connectivity index (χ0n) is 17.2. The Morgan fingerprint density at radius 3 is 2.48 bits per heavy atom. The van der Waals surface area contributed by atoms with Crippen LogP contribution in [0.1, 0.15) is 44.9 Å². The first-order chi connectivity index (χ1) is 13.1. The SMILES string of the molecule is CCNC(=NCc1ncnn1C)NCC1(N2CCCCC2)CCN(C)CC1. The summed E-state index contributed by atoms with van der Waals surface area (Å²) in [6.07, 6.45) is 8.06. The molecular formula is C19H36N8. The van der Waals surface area contributed by atoms with Gasteiger partial charge in [0.05, 0.1) is 0 Å². The van der Waals surface area contributed by atoms with Gasteiger partial charge in [0.2, 0.25) is 0 Å². The number of hydrogen-bond donors (Lipinski definition) is 2. The third-order valence-electron chi connectivity index (χ3n) is 6.06. The van der Waals surface area contributed by atoms with Gasteiger partial charge in [0.1, 0.15) is 18.7 Å². The molecule has 0 unspecified atom stereocenters. The molecule has 0 aromatic carbocycles. The van der Waals surface area contributed by atoms with Gasteiger partial charge in [0.15, 0.2) is 5.96 Å². The van der Waals surface area contributed by atoms with E-state index >= 15 is 0 Å². The Morgan fingerprint density at radius 1 is 1.11 bits per heavy atom. The smallest absolute Gasteiger partial charge is 0.191 e. The Morgan fingerprint density at radius 2 is 1.85 bits per heavy atom. The Hall–Kier alpha value is -1.67. The van der Waals surface area contributed by atoms with Crippen LogP contribution in [0.2, 0.25) is 0 Å². The fraction of sp³-hybridized carbons (Fsp3) is 0.842. The van der Waals surface area contributed by atoms with Crippen LogP contribution >= 0.6 is 0 Å². The Kier molecular flexibility index (Phi) is 7.07. The molecule has 0 radical (unpaired) electrons. The van der Waals surface area contributed by atoms with Gasteiger partial charge in [0.25, 0.3) is 0 Å². The lowest BCUT2D eigenvalue weighted by Gasteiger charge is -2.50. The van der Waals surface area contributed by atoms with E-state index in [2.05, 4.69) is 44.5 Å². The van der Waals surface area contributed by atoms with Gasteiger partial charge in [-0.3, -0.25) is 9.58 Å². The molecule has 0 saturated carbocycles. The molecule has 0 atom stereocenters. The number of guanidine groups is 1. The van der Waals surface area contributed by atoms with Crippen LogP contribution in [-0.4, -0.2) is 82.4 Å². The maximum absolute atomic E-state index is 4.73. The zero-order valence-corrected chi connectivity index (χ0v) is 17.2. The molecule has 8 nitrogen and oxygen atoms in total. The van der Waals surface area contributed by atoms with Crippen molar-refractivity contribution in [1.29, 1.82) is 0 Å². The molecule has 2 fully saturated rings. The molecule has 0 amide bonds. The first-order valence-electron chi connectivity index (χ1n) is 10.4. The van der Waals surface area contributed by atoms with Gasteiger partial charge in [0, 0.05) is 25.7 Å². The number of aryl methyl sites for hydroxylation is 1. The summed E-state index contributed by atoms with van der Waals surface area (Å²) in [6.45, 7) is 9.25. The second kappa shape index (κ2) is 9.50. The van der Waals surface area contributed by atoms with Crippen LogP contribution in [0.3, 0.4) is 0 Å². The number of piperidine rings is 2. The molecule has 8 heteroatoms. The predicted molar refractivity (Wildman–Crippen MR) is 109 cm³/mol. The highest BCUT2D eigenvalue weighted by Crippen LogP contribution is 2.30. The highest BCUT2D eigenvalue weighted by Gasteiger charge is 2.39. The van der Waals surface area contributed by atoms with Crippen molar-refractivity contribution < 1.29 is 0 Å². The molecule has 1 aromatic rings. The van der Waals surface area contributed by atoms with Crippen molar-refractivity contribution in [1.82, 2.24) is 35.2 Å². The van der Waals surface area contributed by atoms with E-state index in [0.717, 1.165) is 24.9 Å². The highest BCUT2D eigenvalue weighted by molar-refractivity contribution is 5.79. The Labute approximate surface area is 163 Å². The zero-order chi connectivity index (χ0) is 19.1. The molecule has 2 saturated heterocycles. The summed E-state index contributed by atoms with van der Waals surface area (Å²) in [7, 11) is 4.14. The molecule has 1 aromatic heterocycles. The largest absolute Gasteiger partial charge is 0.357 e. The van der Waals surface area contributed by atoms with E-state index in [1.54, 1.807) is 11.0 Å². The van der Waals surface area contributed by atoms with Crippen LogP contribution in [0.5, 0.6) is 0 Å². The highest BCUT2D eigenvalue weighted by atomic mass is 15.3. The fourth-order valence-electron chi connectivity index (χ4n) is 4.21. The van der Waals surface area contributed by atoms with Crippen molar-refractivity contribution in [2.24, 2.45) is 12.0 Å². The van der Waals surface area contributed by atoms with E-state index in [0.29, 0.717) is 6.54 Å². The van der Waals surface area contributed by atoms with E-state index in [1.807, 2.05) is 7.05 Å². The third kappa shape index (κ3) is 5.19.